The van der Waals surface area contributed by atoms with Crippen LogP contribution in [0.5, 0.6) is 0 Å². The highest BCUT2D eigenvalue weighted by molar-refractivity contribution is 9.10. The number of carbonyl (C=O) groups excluding carboxylic acids is 1. The zero-order valence-electron chi connectivity index (χ0n) is 12.6. The summed E-state index contributed by atoms with van der Waals surface area (Å²) in [7, 11) is -3.33. The number of piperidine rings is 1. The molecule has 0 saturated carbocycles. The molecule has 1 aromatic carbocycles. The molecule has 1 aliphatic rings. The molecular weight excluding hydrogens is 368 g/mol. The molecule has 0 bridgehead atoms. The number of nitrogens with one attached hydrogen (secondary N) is 1. The van der Waals surface area contributed by atoms with Crippen LogP contribution in [0, 0.1) is 6.92 Å². The summed E-state index contributed by atoms with van der Waals surface area (Å²) in [4.78, 5) is 12.0. The van der Waals surface area contributed by atoms with Crippen LogP contribution in [0.25, 0.3) is 0 Å². The number of halogens is 1. The van der Waals surface area contributed by atoms with E-state index in [0.29, 0.717) is 18.8 Å². The van der Waals surface area contributed by atoms with Gasteiger partial charge in [0.25, 0.3) is 0 Å². The SMILES string of the molecule is Cc1ccc(NC(=O)CCS(=O)(=O)N2CCCCC2)c(Br)c1. The van der Waals surface area contributed by atoms with Gasteiger partial charge in [-0.05, 0) is 53.4 Å². The number of benzene rings is 1. The fourth-order valence-electron chi connectivity index (χ4n) is 2.43. The first-order valence-corrected chi connectivity index (χ1v) is 9.82. The van der Waals surface area contributed by atoms with Crippen LogP contribution in [0.2, 0.25) is 0 Å². The summed E-state index contributed by atoms with van der Waals surface area (Å²) in [5.41, 5.74) is 1.74. The number of aryl methyl sites for hydroxylation is 1. The lowest BCUT2D eigenvalue weighted by atomic mass is 10.2. The minimum absolute atomic E-state index is 0.0286. The summed E-state index contributed by atoms with van der Waals surface area (Å²) in [6, 6.07) is 5.60. The Morgan fingerprint density at radius 3 is 2.59 bits per heavy atom. The molecule has 1 amide bonds. The molecule has 122 valence electrons. The lowest BCUT2D eigenvalue weighted by molar-refractivity contribution is -0.115. The molecule has 0 spiro atoms. The number of carbonyl (C=O) groups is 1. The van der Waals surface area contributed by atoms with Crippen LogP contribution in [0.15, 0.2) is 22.7 Å². The molecule has 1 aliphatic heterocycles. The molecule has 0 aromatic heterocycles. The van der Waals surface area contributed by atoms with Crippen molar-refractivity contribution in [2.75, 3.05) is 24.2 Å². The monoisotopic (exact) mass is 388 g/mol. The molecule has 7 heteroatoms. The topological polar surface area (TPSA) is 66.5 Å². The van der Waals surface area contributed by atoms with Crippen molar-refractivity contribution < 1.29 is 13.2 Å². The molecule has 0 unspecified atom stereocenters. The fourth-order valence-corrected chi connectivity index (χ4v) is 4.54. The summed E-state index contributed by atoms with van der Waals surface area (Å²) in [5, 5.41) is 2.74. The third kappa shape index (κ3) is 4.79. The van der Waals surface area contributed by atoms with Crippen molar-refractivity contribution in [3.8, 4) is 0 Å². The van der Waals surface area contributed by atoms with Crippen LogP contribution in [0.4, 0.5) is 5.69 Å². The van der Waals surface area contributed by atoms with Gasteiger partial charge in [0.2, 0.25) is 15.9 Å². The second-order valence-electron chi connectivity index (χ2n) is 5.56. The van der Waals surface area contributed by atoms with Crippen LogP contribution in [0.1, 0.15) is 31.2 Å². The molecule has 1 aromatic rings. The molecule has 1 fully saturated rings. The first-order chi connectivity index (χ1) is 10.4. The van der Waals surface area contributed by atoms with Crippen molar-refractivity contribution in [2.24, 2.45) is 0 Å². The fraction of sp³-hybridized carbons (Fsp3) is 0.533. The average molecular weight is 389 g/mol. The molecule has 2 rings (SSSR count). The highest BCUT2D eigenvalue weighted by atomic mass is 79.9. The molecule has 5 nitrogen and oxygen atoms in total. The van der Waals surface area contributed by atoms with Crippen LogP contribution in [-0.4, -0.2) is 37.5 Å². The standard InChI is InChI=1S/C15H21BrN2O3S/c1-12-5-6-14(13(16)11-12)17-15(19)7-10-22(20,21)18-8-3-2-4-9-18/h5-6,11H,2-4,7-10H2,1H3,(H,17,19). The van der Waals surface area contributed by atoms with Gasteiger partial charge in [-0.1, -0.05) is 12.5 Å². The van der Waals surface area contributed by atoms with Crippen molar-refractivity contribution >= 4 is 37.5 Å². The van der Waals surface area contributed by atoms with E-state index in [-0.39, 0.29) is 18.1 Å². The van der Waals surface area contributed by atoms with Gasteiger partial charge in [-0.2, -0.15) is 0 Å². The van der Waals surface area contributed by atoms with E-state index in [1.165, 1.54) is 4.31 Å². The van der Waals surface area contributed by atoms with E-state index in [2.05, 4.69) is 21.2 Å². The highest BCUT2D eigenvalue weighted by Crippen LogP contribution is 2.23. The molecule has 0 atom stereocenters. The van der Waals surface area contributed by atoms with Crippen molar-refractivity contribution in [1.29, 1.82) is 0 Å². The van der Waals surface area contributed by atoms with Crippen LogP contribution < -0.4 is 5.32 Å². The molecule has 22 heavy (non-hydrogen) atoms. The molecule has 0 aliphatic carbocycles. The van der Waals surface area contributed by atoms with Crippen LogP contribution >= 0.6 is 15.9 Å². The van der Waals surface area contributed by atoms with Gasteiger partial charge >= 0.3 is 0 Å². The van der Waals surface area contributed by atoms with Gasteiger partial charge in [-0.15, -0.1) is 0 Å². The maximum Gasteiger partial charge on any atom is 0.225 e. The first kappa shape index (κ1) is 17.4. The summed E-state index contributed by atoms with van der Waals surface area (Å²) in [6.45, 7) is 3.11. The Kier molecular flexibility index (Phi) is 6.00. The van der Waals surface area contributed by atoms with Gasteiger partial charge in [-0.3, -0.25) is 4.79 Å². The summed E-state index contributed by atoms with van der Waals surface area (Å²) in [6.07, 6.45) is 2.86. The summed E-state index contributed by atoms with van der Waals surface area (Å²) in [5.74, 6) is -0.424. The average Bonchev–Trinajstić information content (AvgIpc) is 2.49. The van der Waals surface area contributed by atoms with Gasteiger partial charge in [0.05, 0.1) is 11.4 Å². The minimum atomic E-state index is -3.33. The van der Waals surface area contributed by atoms with Crippen LogP contribution in [0.3, 0.4) is 0 Å². The maximum absolute atomic E-state index is 12.2. The molecule has 1 saturated heterocycles. The van der Waals surface area contributed by atoms with Crippen molar-refractivity contribution in [1.82, 2.24) is 4.31 Å². The Bertz CT molecular complexity index is 640. The summed E-state index contributed by atoms with van der Waals surface area (Å²) >= 11 is 3.39. The van der Waals surface area contributed by atoms with E-state index in [4.69, 9.17) is 0 Å². The van der Waals surface area contributed by atoms with E-state index in [0.717, 1.165) is 29.3 Å². The number of hydrogen-bond donors (Lipinski definition) is 1. The lowest BCUT2D eigenvalue weighted by Gasteiger charge is -2.25. The Labute approximate surface area is 140 Å². The normalized spacial score (nSPS) is 16.5. The lowest BCUT2D eigenvalue weighted by Crippen LogP contribution is -2.37. The number of anilines is 1. The van der Waals surface area contributed by atoms with Gasteiger partial charge in [0.1, 0.15) is 0 Å². The van der Waals surface area contributed by atoms with Crippen molar-refractivity contribution in [3.63, 3.8) is 0 Å². The zero-order valence-corrected chi connectivity index (χ0v) is 15.0. The number of sulfonamides is 1. The van der Waals surface area contributed by atoms with Crippen molar-refractivity contribution in [2.45, 2.75) is 32.6 Å². The highest BCUT2D eigenvalue weighted by Gasteiger charge is 2.24. The second kappa shape index (κ2) is 7.57. The molecule has 1 N–H and O–H groups in total. The van der Waals surface area contributed by atoms with E-state index in [9.17, 15) is 13.2 Å². The van der Waals surface area contributed by atoms with E-state index in [1.807, 2.05) is 19.1 Å². The van der Waals surface area contributed by atoms with Gasteiger partial charge < -0.3 is 5.32 Å². The van der Waals surface area contributed by atoms with E-state index < -0.39 is 10.0 Å². The largest absolute Gasteiger partial charge is 0.325 e. The quantitative estimate of drug-likeness (QED) is 0.842. The van der Waals surface area contributed by atoms with Crippen LogP contribution in [-0.2, 0) is 14.8 Å². The predicted molar refractivity (Wildman–Crippen MR) is 91.3 cm³/mol. The third-order valence-electron chi connectivity index (χ3n) is 3.69. The Balaban J connectivity index is 1.89. The van der Waals surface area contributed by atoms with Gasteiger partial charge in [0.15, 0.2) is 0 Å². The van der Waals surface area contributed by atoms with Gasteiger partial charge in [0, 0.05) is 24.0 Å². The number of rotatable bonds is 5. The predicted octanol–water partition coefficient (Wildman–Crippen LogP) is 2.90. The maximum atomic E-state index is 12.2. The first-order valence-electron chi connectivity index (χ1n) is 7.42. The number of amides is 1. The van der Waals surface area contributed by atoms with E-state index in [1.54, 1.807) is 6.07 Å². The van der Waals surface area contributed by atoms with Crippen molar-refractivity contribution in [3.05, 3.63) is 28.2 Å². The Morgan fingerprint density at radius 2 is 1.95 bits per heavy atom. The Hall–Kier alpha value is -0.920. The third-order valence-corrected chi connectivity index (χ3v) is 6.22. The van der Waals surface area contributed by atoms with E-state index >= 15 is 0 Å². The number of nitrogens with zero attached hydrogens (tertiary/aromatic N) is 1. The smallest absolute Gasteiger partial charge is 0.225 e. The minimum Gasteiger partial charge on any atom is -0.325 e. The summed E-state index contributed by atoms with van der Waals surface area (Å²) < 4.78 is 26.7. The molecular formula is C15H21BrN2O3S. The zero-order chi connectivity index (χ0) is 16.2. The Morgan fingerprint density at radius 1 is 1.27 bits per heavy atom. The molecule has 0 radical (unpaired) electrons. The van der Waals surface area contributed by atoms with Gasteiger partial charge in [-0.25, -0.2) is 12.7 Å². The second-order valence-corrected chi connectivity index (χ2v) is 8.50. The number of hydrogen-bond acceptors (Lipinski definition) is 3. The molecule has 1 heterocycles.